The third kappa shape index (κ3) is 6.90. The van der Waals surface area contributed by atoms with Gasteiger partial charge < -0.3 is 30.1 Å². The molecular weight excluding hydrogens is 500 g/mol. The van der Waals surface area contributed by atoms with Crippen molar-refractivity contribution in [2.24, 2.45) is 5.92 Å². The molecule has 3 amide bonds. The van der Waals surface area contributed by atoms with E-state index in [0.29, 0.717) is 11.4 Å². The number of rotatable bonds is 8. The first-order valence-corrected chi connectivity index (χ1v) is 13.6. The first-order valence-electron chi connectivity index (χ1n) is 11.8. The number of hydrogen-bond acceptors (Lipinski definition) is 7. The second-order valence-electron chi connectivity index (χ2n) is 9.16. The Kier molecular flexibility index (Phi) is 9.00. The molecule has 2 aromatic rings. The predicted molar refractivity (Wildman–Crippen MR) is 141 cm³/mol. The lowest BCUT2D eigenvalue weighted by Crippen LogP contribution is -2.50. The van der Waals surface area contributed by atoms with Gasteiger partial charge in [0.2, 0.25) is 10.0 Å². The number of para-hydroxylation sites is 1. The van der Waals surface area contributed by atoms with Crippen LogP contribution in [0.5, 0.6) is 11.5 Å². The average Bonchev–Trinajstić information content (AvgIpc) is 2.85. The molecular formula is C25H34N4O7S. The van der Waals surface area contributed by atoms with Crippen LogP contribution in [0.3, 0.4) is 0 Å². The fraction of sp³-hybridized carbons (Fsp3) is 0.440. The maximum absolute atomic E-state index is 13.5. The molecule has 37 heavy (non-hydrogen) atoms. The Morgan fingerprint density at radius 2 is 1.92 bits per heavy atom. The number of carbonyl (C=O) groups excluding carboxylic acids is 2. The Balaban J connectivity index is 1.97. The Labute approximate surface area is 217 Å². The maximum atomic E-state index is 13.5. The van der Waals surface area contributed by atoms with Crippen molar-refractivity contribution in [3.05, 3.63) is 48.0 Å². The zero-order valence-corrected chi connectivity index (χ0v) is 22.4. The monoisotopic (exact) mass is 534 g/mol. The van der Waals surface area contributed by atoms with Gasteiger partial charge in [0, 0.05) is 25.2 Å². The Bertz CT molecular complexity index is 1220. The number of sulfonamides is 1. The van der Waals surface area contributed by atoms with E-state index in [-0.39, 0.29) is 48.5 Å². The molecule has 12 heteroatoms. The van der Waals surface area contributed by atoms with E-state index in [0.717, 1.165) is 6.26 Å². The summed E-state index contributed by atoms with van der Waals surface area (Å²) >= 11 is 0. The average molecular weight is 535 g/mol. The van der Waals surface area contributed by atoms with Crippen LogP contribution in [-0.2, 0) is 10.0 Å². The minimum absolute atomic E-state index is 0.0291. The number of methoxy groups -OCH3 is 1. The second kappa shape index (κ2) is 11.8. The van der Waals surface area contributed by atoms with Crippen molar-refractivity contribution >= 4 is 33.3 Å². The summed E-state index contributed by atoms with van der Waals surface area (Å²) in [6.45, 7) is 3.61. The number of hydrogen-bond donors (Lipinski definition) is 3. The number of urea groups is 1. The van der Waals surface area contributed by atoms with E-state index in [9.17, 15) is 23.1 Å². The number of likely N-dealkylation sites (N-methyl/N-ethyl adjacent to an activating group) is 1. The highest BCUT2D eigenvalue weighted by Gasteiger charge is 2.35. The number of benzene rings is 2. The molecule has 2 aromatic carbocycles. The lowest BCUT2D eigenvalue weighted by Gasteiger charge is -2.38. The van der Waals surface area contributed by atoms with Crippen molar-refractivity contribution in [2.75, 3.05) is 50.7 Å². The van der Waals surface area contributed by atoms with Crippen molar-refractivity contribution in [2.45, 2.75) is 26.0 Å². The van der Waals surface area contributed by atoms with E-state index >= 15 is 0 Å². The molecule has 0 unspecified atom stereocenters. The predicted octanol–water partition coefficient (Wildman–Crippen LogP) is 2.45. The van der Waals surface area contributed by atoms with Crippen LogP contribution >= 0.6 is 0 Å². The van der Waals surface area contributed by atoms with E-state index in [2.05, 4.69) is 10.6 Å². The standard InChI is InChI=1S/C25H34N4O7S/c1-16-13-29(17(2)15-30)24(31)20-7-6-8-21(23(20)36-22(16)14-28(3)37(5,33)34)27-25(32)26-18-9-11-19(35-4)12-10-18/h6-12,16-17,22,30H,13-15H2,1-5H3,(H2,26,27,32)/t16-,17-,22+/m0/s1. The van der Waals surface area contributed by atoms with Crippen LogP contribution in [0.4, 0.5) is 16.2 Å². The zero-order valence-electron chi connectivity index (χ0n) is 21.6. The number of amides is 3. The Morgan fingerprint density at radius 3 is 2.51 bits per heavy atom. The molecule has 0 saturated heterocycles. The van der Waals surface area contributed by atoms with Gasteiger partial charge in [0.1, 0.15) is 11.9 Å². The summed E-state index contributed by atoms with van der Waals surface area (Å²) < 4.78 is 36.8. The summed E-state index contributed by atoms with van der Waals surface area (Å²) in [6, 6.07) is 10.5. The van der Waals surface area contributed by atoms with Crippen molar-refractivity contribution in [3.63, 3.8) is 0 Å². The van der Waals surface area contributed by atoms with Gasteiger partial charge in [-0.05, 0) is 43.3 Å². The van der Waals surface area contributed by atoms with Crippen LogP contribution < -0.4 is 20.1 Å². The normalized spacial score (nSPS) is 18.8. The molecule has 202 valence electrons. The van der Waals surface area contributed by atoms with Crippen LogP contribution in [-0.4, -0.2) is 86.9 Å². The molecule has 0 aliphatic carbocycles. The molecule has 0 spiro atoms. The number of carbonyl (C=O) groups is 2. The van der Waals surface area contributed by atoms with Crippen molar-refractivity contribution in [1.82, 2.24) is 9.21 Å². The minimum atomic E-state index is -3.49. The van der Waals surface area contributed by atoms with Crippen LogP contribution in [0.15, 0.2) is 42.5 Å². The largest absolute Gasteiger partial charge is 0.497 e. The van der Waals surface area contributed by atoms with Crippen molar-refractivity contribution in [1.29, 1.82) is 0 Å². The highest BCUT2D eigenvalue weighted by atomic mass is 32.2. The summed E-state index contributed by atoms with van der Waals surface area (Å²) in [5, 5.41) is 15.2. The summed E-state index contributed by atoms with van der Waals surface area (Å²) in [6.07, 6.45) is 0.460. The highest BCUT2D eigenvalue weighted by Crippen LogP contribution is 2.35. The number of fused-ring (bicyclic) bond motifs is 1. The molecule has 3 atom stereocenters. The molecule has 0 radical (unpaired) electrons. The number of ether oxygens (including phenoxy) is 2. The van der Waals surface area contributed by atoms with Gasteiger partial charge in [-0.2, -0.15) is 0 Å². The number of aliphatic hydroxyl groups excluding tert-OH is 1. The lowest BCUT2D eigenvalue weighted by molar-refractivity contribution is 0.0389. The van der Waals surface area contributed by atoms with E-state index in [1.54, 1.807) is 61.4 Å². The van der Waals surface area contributed by atoms with Gasteiger partial charge in [-0.3, -0.25) is 4.79 Å². The van der Waals surface area contributed by atoms with Crippen molar-refractivity contribution in [3.8, 4) is 11.5 Å². The van der Waals surface area contributed by atoms with Gasteiger partial charge in [-0.15, -0.1) is 0 Å². The van der Waals surface area contributed by atoms with Crippen LogP contribution in [0.1, 0.15) is 24.2 Å². The zero-order chi connectivity index (χ0) is 27.3. The molecule has 3 N–H and O–H groups in total. The third-order valence-electron chi connectivity index (χ3n) is 6.29. The lowest BCUT2D eigenvalue weighted by atomic mass is 9.99. The molecule has 1 aliphatic rings. The highest BCUT2D eigenvalue weighted by molar-refractivity contribution is 7.88. The molecule has 0 saturated carbocycles. The van der Waals surface area contributed by atoms with E-state index < -0.39 is 28.2 Å². The minimum Gasteiger partial charge on any atom is -0.497 e. The smallest absolute Gasteiger partial charge is 0.323 e. The maximum Gasteiger partial charge on any atom is 0.323 e. The molecule has 3 rings (SSSR count). The first-order chi connectivity index (χ1) is 17.4. The van der Waals surface area contributed by atoms with Gasteiger partial charge in [-0.1, -0.05) is 13.0 Å². The Hall–Kier alpha value is -3.35. The molecule has 0 bridgehead atoms. The van der Waals surface area contributed by atoms with Crippen LogP contribution in [0.2, 0.25) is 0 Å². The van der Waals surface area contributed by atoms with Crippen molar-refractivity contribution < 1.29 is 32.6 Å². The number of aliphatic hydroxyl groups is 1. The molecule has 1 heterocycles. The summed E-state index contributed by atoms with van der Waals surface area (Å²) in [5.74, 6) is 0.114. The van der Waals surface area contributed by atoms with Gasteiger partial charge in [0.25, 0.3) is 5.91 Å². The molecule has 0 fully saturated rings. The van der Waals surface area contributed by atoms with Gasteiger partial charge in [0.15, 0.2) is 5.75 Å². The van der Waals surface area contributed by atoms with Crippen LogP contribution in [0, 0.1) is 5.92 Å². The quantitative estimate of drug-likeness (QED) is 0.473. The second-order valence-corrected chi connectivity index (χ2v) is 11.2. The van der Waals surface area contributed by atoms with E-state index in [1.165, 1.54) is 11.4 Å². The van der Waals surface area contributed by atoms with Gasteiger partial charge in [0.05, 0.1) is 43.8 Å². The van der Waals surface area contributed by atoms with E-state index in [4.69, 9.17) is 9.47 Å². The fourth-order valence-corrected chi connectivity index (χ4v) is 4.33. The number of anilines is 2. The molecule has 0 aromatic heterocycles. The third-order valence-corrected chi connectivity index (χ3v) is 7.57. The van der Waals surface area contributed by atoms with Gasteiger partial charge >= 0.3 is 6.03 Å². The fourth-order valence-electron chi connectivity index (χ4n) is 3.91. The molecule has 11 nitrogen and oxygen atoms in total. The summed E-state index contributed by atoms with van der Waals surface area (Å²) in [4.78, 5) is 27.9. The number of nitrogens with one attached hydrogen (secondary N) is 2. The van der Waals surface area contributed by atoms with Gasteiger partial charge in [-0.25, -0.2) is 17.5 Å². The van der Waals surface area contributed by atoms with Crippen LogP contribution in [0.25, 0.3) is 0 Å². The first kappa shape index (κ1) is 28.2. The SMILES string of the molecule is COc1ccc(NC(=O)Nc2cccc3c2O[C@H](CN(C)S(C)(=O)=O)[C@@H](C)CN([C@@H](C)CO)C3=O)cc1. The topological polar surface area (TPSA) is 138 Å². The molecule has 1 aliphatic heterocycles. The summed E-state index contributed by atoms with van der Waals surface area (Å²) in [7, 11) is -0.493. The summed E-state index contributed by atoms with van der Waals surface area (Å²) in [5.41, 5.74) is 0.967. The van der Waals surface area contributed by atoms with E-state index in [1.807, 2.05) is 6.92 Å². The Morgan fingerprint density at radius 1 is 1.24 bits per heavy atom. The number of nitrogens with zero attached hydrogens (tertiary/aromatic N) is 2.